The van der Waals surface area contributed by atoms with Crippen molar-refractivity contribution >= 4 is 0 Å². The van der Waals surface area contributed by atoms with E-state index in [1.807, 2.05) is 0 Å². The topological polar surface area (TPSA) is 3.24 Å². The van der Waals surface area contributed by atoms with Gasteiger partial charge in [-0.3, -0.25) is 0 Å². The summed E-state index contributed by atoms with van der Waals surface area (Å²) in [7, 11) is 0. The SMILES string of the molecule is C#CCCN1CCCC1. The summed E-state index contributed by atoms with van der Waals surface area (Å²) in [6.07, 6.45) is 8.78. The van der Waals surface area contributed by atoms with Crippen LogP contribution in [0.2, 0.25) is 0 Å². The van der Waals surface area contributed by atoms with E-state index in [9.17, 15) is 0 Å². The van der Waals surface area contributed by atoms with Crippen molar-refractivity contribution in [2.24, 2.45) is 0 Å². The Balaban J connectivity index is 2.06. The zero-order valence-corrected chi connectivity index (χ0v) is 5.77. The standard InChI is InChI=1S/C8H13N/c1-2-3-6-9-7-4-5-8-9/h1H,3-8H2. The van der Waals surface area contributed by atoms with E-state index in [0.29, 0.717) is 0 Å². The van der Waals surface area contributed by atoms with Crippen LogP contribution in [0.3, 0.4) is 0 Å². The van der Waals surface area contributed by atoms with Gasteiger partial charge in [-0.2, -0.15) is 0 Å². The van der Waals surface area contributed by atoms with Crippen LogP contribution in [0.25, 0.3) is 0 Å². The molecule has 0 N–H and O–H groups in total. The van der Waals surface area contributed by atoms with E-state index >= 15 is 0 Å². The highest BCUT2D eigenvalue weighted by Gasteiger charge is 2.08. The molecule has 0 radical (unpaired) electrons. The molecule has 0 aromatic heterocycles. The molecule has 0 saturated carbocycles. The predicted octanol–water partition coefficient (Wildman–Crippen LogP) is 1.11. The first-order valence-corrected chi connectivity index (χ1v) is 3.59. The zero-order chi connectivity index (χ0) is 6.53. The maximum Gasteiger partial charge on any atom is 0.0214 e. The van der Waals surface area contributed by atoms with Gasteiger partial charge in [-0.05, 0) is 25.9 Å². The van der Waals surface area contributed by atoms with Gasteiger partial charge in [0.1, 0.15) is 0 Å². The van der Waals surface area contributed by atoms with Gasteiger partial charge in [0.05, 0.1) is 0 Å². The van der Waals surface area contributed by atoms with Crippen molar-refractivity contribution in [3.8, 4) is 12.3 Å². The summed E-state index contributed by atoms with van der Waals surface area (Å²) in [5.74, 6) is 2.65. The highest BCUT2D eigenvalue weighted by Crippen LogP contribution is 2.06. The van der Waals surface area contributed by atoms with Crippen LogP contribution in [-0.4, -0.2) is 24.5 Å². The fraction of sp³-hybridized carbons (Fsp3) is 0.750. The smallest absolute Gasteiger partial charge is 0.0214 e. The van der Waals surface area contributed by atoms with Crippen molar-refractivity contribution in [3.63, 3.8) is 0 Å². The first-order chi connectivity index (χ1) is 4.43. The molecule has 1 fully saturated rings. The summed E-state index contributed by atoms with van der Waals surface area (Å²) < 4.78 is 0. The van der Waals surface area contributed by atoms with Gasteiger partial charge >= 0.3 is 0 Å². The molecule has 1 aliphatic rings. The lowest BCUT2D eigenvalue weighted by molar-refractivity contribution is 0.348. The monoisotopic (exact) mass is 123 g/mol. The van der Waals surface area contributed by atoms with Crippen LogP contribution in [0.5, 0.6) is 0 Å². The third-order valence-corrected chi connectivity index (χ3v) is 1.77. The van der Waals surface area contributed by atoms with Gasteiger partial charge in [0.25, 0.3) is 0 Å². The molecule has 0 aromatic carbocycles. The van der Waals surface area contributed by atoms with Crippen LogP contribution in [0.15, 0.2) is 0 Å². The Hall–Kier alpha value is -0.480. The second-order valence-corrected chi connectivity index (χ2v) is 2.50. The van der Waals surface area contributed by atoms with Gasteiger partial charge in [0, 0.05) is 13.0 Å². The molecule has 1 saturated heterocycles. The van der Waals surface area contributed by atoms with Crippen molar-refractivity contribution in [1.82, 2.24) is 4.90 Å². The molecule has 1 heterocycles. The van der Waals surface area contributed by atoms with E-state index in [1.165, 1.54) is 25.9 Å². The van der Waals surface area contributed by atoms with Crippen molar-refractivity contribution in [1.29, 1.82) is 0 Å². The van der Waals surface area contributed by atoms with Crippen LogP contribution >= 0.6 is 0 Å². The number of hydrogen-bond donors (Lipinski definition) is 0. The predicted molar refractivity (Wildman–Crippen MR) is 39.1 cm³/mol. The highest BCUT2D eigenvalue weighted by molar-refractivity contribution is 4.85. The van der Waals surface area contributed by atoms with Gasteiger partial charge in [-0.25, -0.2) is 0 Å². The van der Waals surface area contributed by atoms with Gasteiger partial charge in [0.2, 0.25) is 0 Å². The number of terminal acetylenes is 1. The number of nitrogens with zero attached hydrogens (tertiary/aromatic N) is 1. The number of rotatable bonds is 2. The van der Waals surface area contributed by atoms with Crippen molar-refractivity contribution in [2.45, 2.75) is 19.3 Å². The van der Waals surface area contributed by atoms with E-state index in [4.69, 9.17) is 6.42 Å². The second kappa shape index (κ2) is 3.53. The fourth-order valence-corrected chi connectivity index (χ4v) is 1.23. The summed E-state index contributed by atoms with van der Waals surface area (Å²) in [6, 6.07) is 0. The lowest BCUT2D eigenvalue weighted by Gasteiger charge is -2.10. The first kappa shape index (κ1) is 6.64. The van der Waals surface area contributed by atoms with Crippen LogP contribution < -0.4 is 0 Å². The van der Waals surface area contributed by atoms with Crippen LogP contribution in [0.1, 0.15) is 19.3 Å². The third-order valence-electron chi connectivity index (χ3n) is 1.77. The highest BCUT2D eigenvalue weighted by atomic mass is 15.1. The molecule has 0 unspecified atom stereocenters. The average molecular weight is 123 g/mol. The molecule has 9 heavy (non-hydrogen) atoms. The minimum absolute atomic E-state index is 0.917. The summed E-state index contributed by atoms with van der Waals surface area (Å²) in [5.41, 5.74) is 0. The van der Waals surface area contributed by atoms with Gasteiger partial charge in [-0.15, -0.1) is 12.3 Å². The molecule has 0 aliphatic carbocycles. The molecule has 0 atom stereocenters. The first-order valence-electron chi connectivity index (χ1n) is 3.59. The third kappa shape index (κ3) is 2.07. The summed E-state index contributed by atoms with van der Waals surface area (Å²) >= 11 is 0. The molecule has 50 valence electrons. The number of hydrogen-bond acceptors (Lipinski definition) is 1. The van der Waals surface area contributed by atoms with Crippen molar-refractivity contribution < 1.29 is 0 Å². The van der Waals surface area contributed by atoms with Crippen LogP contribution in [0, 0.1) is 12.3 Å². The molecule has 0 spiro atoms. The summed E-state index contributed by atoms with van der Waals surface area (Å²) in [6.45, 7) is 3.64. The Morgan fingerprint density at radius 3 is 2.56 bits per heavy atom. The normalized spacial score (nSPS) is 19.9. The summed E-state index contributed by atoms with van der Waals surface area (Å²) in [4.78, 5) is 2.43. The molecule has 1 rings (SSSR count). The minimum atomic E-state index is 0.917. The quantitative estimate of drug-likeness (QED) is 0.497. The van der Waals surface area contributed by atoms with Crippen molar-refractivity contribution in [3.05, 3.63) is 0 Å². The zero-order valence-electron chi connectivity index (χ0n) is 5.77. The molecule has 1 nitrogen and oxygen atoms in total. The van der Waals surface area contributed by atoms with E-state index in [1.54, 1.807) is 0 Å². The molecule has 0 bridgehead atoms. The second-order valence-electron chi connectivity index (χ2n) is 2.50. The van der Waals surface area contributed by atoms with E-state index < -0.39 is 0 Å². The molecular formula is C8H13N. The van der Waals surface area contributed by atoms with Gasteiger partial charge < -0.3 is 4.90 Å². The lowest BCUT2D eigenvalue weighted by Crippen LogP contribution is -2.19. The lowest BCUT2D eigenvalue weighted by atomic mass is 10.4. The molecule has 1 heteroatoms. The maximum absolute atomic E-state index is 5.13. The Kier molecular flexibility index (Phi) is 2.60. The Bertz CT molecular complexity index is 106. The average Bonchev–Trinajstić information content (AvgIpc) is 2.34. The van der Waals surface area contributed by atoms with Crippen LogP contribution in [0.4, 0.5) is 0 Å². The van der Waals surface area contributed by atoms with E-state index in [2.05, 4.69) is 10.8 Å². The number of likely N-dealkylation sites (tertiary alicyclic amines) is 1. The van der Waals surface area contributed by atoms with E-state index in [0.717, 1.165) is 13.0 Å². The largest absolute Gasteiger partial charge is 0.302 e. The van der Waals surface area contributed by atoms with E-state index in [-0.39, 0.29) is 0 Å². The molecule has 0 amide bonds. The summed E-state index contributed by atoms with van der Waals surface area (Å²) in [5, 5.41) is 0. The molecular weight excluding hydrogens is 110 g/mol. The Morgan fingerprint density at radius 2 is 2.00 bits per heavy atom. The molecule has 1 aliphatic heterocycles. The van der Waals surface area contributed by atoms with Crippen molar-refractivity contribution in [2.75, 3.05) is 19.6 Å². The fourth-order valence-electron chi connectivity index (χ4n) is 1.23. The minimum Gasteiger partial charge on any atom is -0.302 e. The Labute approximate surface area is 57.0 Å². The van der Waals surface area contributed by atoms with Gasteiger partial charge in [-0.1, -0.05) is 0 Å². The van der Waals surface area contributed by atoms with Gasteiger partial charge in [0.15, 0.2) is 0 Å². The maximum atomic E-state index is 5.13. The Morgan fingerprint density at radius 1 is 1.33 bits per heavy atom. The molecule has 0 aromatic rings. The van der Waals surface area contributed by atoms with Crippen LogP contribution in [-0.2, 0) is 0 Å².